The van der Waals surface area contributed by atoms with E-state index in [0.29, 0.717) is 22.9 Å². The molecule has 0 unspecified atom stereocenters. The fourth-order valence-corrected chi connectivity index (χ4v) is 3.50. The number of carbonyl (C=O) groups is 1. The SMILES string of the molecule is O=C(Nc1ccc2c(c1)OCO2)c1cc(N2CCc3ccccc3C2)ncn1. The van der Waals surface area contributed by atoms with Crippen molar-refractivity contribution in [3.8, 4) is 11.5 Å². The number of fused-ring (bicyclic) bond motifs is 2. The van der Waals surface area contributed by atoms with Crippen molar-refractivity contribution in [2.24, 2.45) is 0 Å². The van der Waals surface area contributed by atoms with E-state index >= 15 is 0 Å². The lowest BCUT2D eigenvalue weighted by Crippen LogP contribution is -2.31. The third-order valence-electron chi connectivity index (χ3n) is 4.97. The number of amides is 1. The van der Waals surface area contributed by atoms with Crippen molar-refractivity contribution < 1.29 is 14.3 Å². The first-order valence-electron chi connectivity index (χ1n) is 9.11. The summed E-state index contributed by atoms with van der Waals surface area (Å²) >= 11 is 0. The Labute approximate surface area is 161 Å². The number of benzene rings is 2. The summed E-state index contributed by atoms with van der Waals surface area (Å²) in [5, 5.41) is 2.85. The summed E-state index contributed by atoms with van der Waals surface area (Å²) in [6, 6.07) is 15.4. The van der Waals surface area contributed by atoms with Crippen molar-refractivity contribution in [3.05, 3.63) is 71.7 Å². The van der Waals surface area contributed by atoms with E-state index in [0.717, 1.165) is 25.3 Å². The topological polar surface area (TPSA) is 76.6 Å². The van der Waals surface area contributed by atoms with Gasteiger partial charge in [0.15, 0.2) is 11.5 Å². The lowest BCUT2D eigenvalue weighted by molar-refractivity contribution is 0.102. The molecule has 7 nitrogen and oxygen atoms in total. The molecule has 5 rings (SSSR count). The van der Waals surface area contributed by atoms with Crippen LogP contribution >= 0.6 is 0 Å². The number of nitrogens with zero attached hydrogens (tertiary/aromatic N) is 3. The second-order valence-electron chi connectivity index (χ2n) is 6.72. The predicted octanol–water partition coefficient (Wildman–Crippen LogP) is 3.02. The molecule has 0 radical (unpaired) electrons. The molecule has 0 bridgehead atoms. The van der Waals surface area contributed by atoms with Crippen LogP contribution in [0.1, 0.15) is 21.6 Å². The van der Waals surface area contributed by atoms with Gasteiger partial charge in [-0.25, -0.2) is 9.97 Å². The summed E-state index contributed by atoms with van der Waals surface area (Å²) < 4.78 is 10.6. The molecule has 0 fully saturated rings. The Hall–Kier alpha value is -3.61. The maximum Gasteiger partial charge on any atom is 0.274 e. The van der Waals surface area contributed by atoms with Gasteiger partial charge in [0.1, 0.15) is 17.8 Å². The first-order chi connectivity index (χ1) is 13.8. The van der Waals surface area contributed by atoms with Gasteiger partial charge in [-0.15, -0.1) is 0 Å². The predicted molar refractivity (Wildman–Crippen MR) is 104 cm³/mol. The minimum Gasteiger partial charge on any atom is -0.454 e. The molecule has 1 aromatic heterocycles. The Bertz CT molecular complexity index is 1050. The zero-order valence-corrected chi connectivity index (χ0v) is 15.1. The molecule has 7 heteroatoms. The molecule has 1 N–H and O–H groups in total. The highest BCUT2D eigenvalue weighted by molar-refractivity contribution is 6.03. The summed E-state index contributed by atoms with van der Waals surface area (Å²) in [5.74, 6) is 1.75. The van der Waals surface area contributed by atoms with Gasteiger partial charge >= 0.3 is 0 Å². The molecule has 0 spiro atoms. The molecule has 140 valence electrons. The van der Waals surface area contributed by atoms with Gasteiger partial charge in [-0.1, -0.05) is 24.3 Å². The number of rotatable bonds is 3. The second-order valence-corrected chi connectivity index (χ2v) is 6.72. The van der Waals surface area contributed by atoms with E-state index in [1.54, 1.807) is 24.3 Å². The van der Waals surface area contributed by atoms with E-state index in [2.05, 4.69) is 38.4 Å². The molecule has 0 saturated carbocycles. The molecule has 1 amide bonds. The van der Waals surface area contributed by atoms with Gasteiger partial charge in [-0.3, -0.25) is 4.79 Å². The number of hydrogen-bond acceptors (Lipinski definition) is 6. The van der Waals surface area contributed by atoms with Crippen molar-refractivity contribution in [3.63, 3.8) is 0 Å². The van der Waals surface area contributed by atoms with E-state index < -0.39 is 0 Å². The third-order valence-corrected chi connectivity index (χ3v) is 4.97. The Morgan fingerprint density at radius 2 is 1.86 bits per heavy atom. The van der Waals surface area contributed by atoms with Crippen LogP contribution < -0.4 is 19.7 Å². The monoisotopic (exact) mass is 374 g/mol. The Balaban J connectivity index is 1.33. The Morgan fingerprint density at radius 3 is 2.79 bits per heavy atom. The molecule has 28 heavy (non-hydrogen) atoms. The second kappa shape index (κ2) is 6.84. The van der Waals surface area contributed by atoms with Gasteiger partial charge in [0.05, 0.1) is 0 Å². The molecule has 2 aromatic carbocycles. The standard InChI is InChI=1S/C21H18N4O3/c26-21(24-16-5-6-18-19(9-16)28-13-27-18)17-10-20(23-12-22-17)25-8-7-14-3-1-2-4-15(14)11-25/h1-6,9-10,12H,7-8,11,13H2,(H,24,26). The lowest BCUT2D eigenvalue weighted by Gasteiger charge is -2.29. The highest BCUT2D eigenvalue weighted by Crippen LogP contribution is 2.34. The van der Waals surface area contributed by atoms with Gasteiger partial charge in [-0.05, 0) is 29.7 Å². The van der Waals surface area contributed by atoms with Crippen molar-refractivity contribution in [1.29, 1.82) is 0 Å². The summed E-state index contributed by atoms with van der Waals surface area (Å²) in [6.07, 6.45) is 2.39. The van der Waals surface area contributed by atoms with Crippen molar-refractivity contribution in [1.82, 2.24) is 9.97 Å². The van der Waals surface area contributed by atoms with Crippen LogP contribution in [0.4, 0.5) is 11.5 Å². The molecule has 2 aliphatic heterocycles. The number of nitrogens with one attached hydrogen (secondary N) is 1. The van der Waals surface area contributed by atoms with Crippen LogP contribution in [-0.4, -0.2) is 29.2 Å². The molecular formula is C21H18N4O3. The van der Waals surface area contributed by atoms with Gasteiger partial charge in [0.25, 0.3) is 5.91 Å². The van der Waals surface area contributed by atoms with Crippen LogP contribution in [0.2, 0.25) is 0 Å². The van der Waals surface area contributed by atoms with E-state index in [1.165, 1.54) is 17.5 Å². The molecular weight excluding hydrogens is 356 g/mol. The highest BCUT2D eigenvalue weighted by atomic mass is 16.7. The van der Waals surface area contributed by atoms with Gasteiger partial charge < -0.3 is 19.7 Å². The average Bonchev–Trinajstić information content (AvgIpc) is 3.21. The number of carbonyl (C=O) groups excluding carboxylic acids is 1. The minimum atomic E-state index is -0.292. The molecule has 3 aromatic rings. The summed E-state index contributed by atoms with van der Waals surface area (Å²) in [7, 11) is 0. The largest absolute Gasteiger partial charge is 0.454 e. The van der Waals surface area contributed by atoms with Gasteiger partial charge in [0.2, 0.25) is 6.79 Å². The van der Waals surface area contributed by atoms with E-state index in [9.17, 15) is 4.79 Å². The third kappa shape index (κ3) is 3.11. The number of aromatic nitrogens is 2. The van der Waals surface area contributed by atoms with E-state index in [4.69, 9.17) is 9.47 Å². The normalized spacial score (nSPS) is 14.5. The smallest absolute Gasteiger partial charge is 0.274 e. The van der Waals surface area contributed by atoms with Crippen molar-refractivity contribution in [2.75, 3.05) is 23.6 Å². The first kappa shape index (κ1) is 16.6. The van der Waals surface area contributed by atoms with Crippen LogP contribution in [0.25, 0.3) is 0 Å². The Kier molecular flexibility index (Phi) is 4.05. The molecule has 0 aliphatic carbocycles. The number of hydrogen-bond donors (Lipinski definition) is 1. The molecule has 3 heterocycles. The van der Waals surface area contributed by atoms with E-state index in [-0.39, 0.29) is 12.7 Å². The molecule has 0 atom stereocenters. The number of ether oxygens (including phenoxy) is 2. The number of anilines is 2. The average molecular weight is 374 g/mol. The van der Waals surface area contributed by atoms with Crippen LogP contribution in [0.3, 0.4) is 0 Å². The van der Waals surface area contributed by atoms with Crippen LogP contribution in [0, 0.1) is 0 Å². The zero-order valence-electron chi connectivity index (χ0n) is 15.1. The lowest BCUT2D eigenvalue weighted by atomic mass is 10.00. The van der Waals surface area contributed by atoms with Crippen molar-refractivity contribution >= 4 is 17.4 Å². The summed E-state index contributed by atoms with van der Waals surface area (Å²) in [4.78, 5) is 23.3. The van der Waals surface area contributed by atoms with Crippen LogP contribution in [-0.2, 0) is 13.0 Å². The highest BCUT2D eigenvalue weighted by Gasteiger charge is 2.19. The van der Waals surface area contributed by atoms with Crippen molar-refractivity contribution in [2.45, 2.75) is 13.0 Å². The van der Waals surface area contributed by atoms with Gasteiger partial charge in [0, 0.05) is 30.9 Å². The fraction of sp³-hybridized carbons (Fsp3) is 0.190. The minimum absolute atomic E-state index is 0.195. The van der Waals surface area contributed by atoms with Gasteiger partial charge in [-0.2, -0.15) is 0 Å². The fourth-order valence-electron chi connectivity index (χ4n) is 3.50. The Morgan fingerprint density at radius 1 is 1.00 bits per heavy atom. The molecule has 2 aliphatic rings. The first-order valence-corrected chi connectivity index (χ1v) is 9.11. The van der Waals surface area contributed by atoms with Crippen LogP contribution in [0.5, 0.6) is 11.5 Å². The van der Waals surface area contributed by atoms with Crippen LogP contribution in [0.15, 0.2) is 54.9 Å². The summed E-state index contributed by atoms with van der Waals surface area (Å²) in [5.41, 5.74) is 3.61. The maximum atomic E-state index is 12.7. The quantitative estimate of drug-likeness (QED) is 0.759. The summed E-state index contributed by atoms with van der Waals surface area (Å²) in [6.45, 7) is 1.83. The van der Waals surface area contributed by atoms with E-state index in [1.807, 2.05) is 6.07 Å². The zero-order chi connectivity index (χ0) is 18.9. The molecule has 0 saturated heterocycles. The maximum absolute atomic E-state index is 12.7.